The Morgan fingerprint density at radius 3 is 2.48 bits per heavy atom. The Kier molecular flexibility index (Phi) is 5.07. The molecule has 0 saturated carbocycles. The number of benzene rings is 2. The number of hydrogen-bond donors (Lipinski definition) is 2. The van der Waals surface area contributed by atoms with Crippen molar-refractivity contribution in [1.29, 1.82) is 0 Å². The monoisotopic (exact) mass is 342 g/mol. The van der Waals surface area contributed by atoms with Gasteiger partial charge in [-0.1, -0.05) is 46.9 Å². The zero-order valence-corrected chi connectivity index (χ0v) is 12.7. The van der Waals surface area contributed by atoms with E-state index in [-0.39, 0.29) is 16.3 Å². The van der Waals surface area contributed by atoms with E-state index in [1.54, 1.807) is 24.3 Å². The van der Waals surface area contributed by atoms with E-state index in [2.05, 4.69) is 10.5 Å². The largest absolute Gasteiger partial charge is 0.507 e. The summed E-state index contributed by atoms with van der Waals surface area (Å²) in [7, 11) is 0. The van der Waals surface area contributed by atoms with Crippen LogP contribution in [0.1, 0.15) is 15.9 Å². The Balaban J connectivity index is 2.15. The topological polar surface area (TPSA) is 61.7 Å². The average molecular weight is 344 g/mol. The molecule has 2 aromatic carbocycles. The number of phenolic OH excluding ortho intramolecular Hbond substituents is 1. The molecular weight excluding hydrogens is 335 g/mol. The number of hydrazone groups is 1. The lowest BCUT2D eigenvalue weighted by Gasteiger charge is -2.04. The van der Waals surface area contributed by atoms with Gasteiger partial charge in [-0.05, 0) is 24.3 Å². The molecule has 0 aliphatic heterocycles. The Labute approximate surface area is 135 Å². The third kappa shape index (κ3) is 3.67. The van der Waals surface area contributed by atoms with Gasteiger partial charge in [-0.15, -0.1) is 0 Å². The summed E-state index contributed by atoms with van der Waals surface area (Å²) in [6, 6.07) is 9.25. The molecule has 0 aliphatic carbocycles. The van der Waals surface area contributed by atoms with Crippen molar-refractivity contribution in [2.75, 3.05) is 0 Å². The van der Waals surface area contributed by atoms with Gasteiger partial charge in [-0.3, -0.25) is 4.79 Å². The number of nitrogens with one attached hydrogen (secondary N) is 1. The summed E-state index contributed by atoms with van der Waals surface area (Å²) in [5.74, 6) is -0.692. The molecule has 0 fully saturated rings. The van der Waals surface area contributed by atoms with Crippen LogP contribution in [0, 0.1) is 0 Å². The van der Waals surface area contributed by atoms with Gasteiger partial charge in [-0.25, -0.2) is 5.43 Å². The molecule has 1 amide bonds. The van der Waals surface area contributed by atoms with Crippen molar-refractivity contribution >= 4 is 46.9 Å². The standard InChI is InChI=1S/C14H9Cl3N2O2/c15-10-5-6-11(16)13(17)9(10)7-18-19-14(21)8-3-1-2-4-12(8)20/h1-7,20H,(H,19,21)/b18-7-. The molecule has 0 aliphatic rings. The smallest absolute Gasteiger partial charge is 0.275 e. The van der Waals surface area contributed by atoms with Crippen LogP contribution in [0.15, 0.2) is 41.5 Å². The maximum Gasteiger partial charge on any atom is 0.275 e. The number of amides is 1. The van der Waals surface area contributed by atoms with Crippen LogP contribution in [0.3, 0.4) is 0 Å². The number of para-hydroxylation sites is 1. The number of carbonyl (C=O) groups is 1. The number of hydrogen-bond acceptors (Lipinski definition) is 3. The van der Waals surface area contributed by atoms with E-state index >= 15 is 0 Å². The van der Waals surface area contributed by atoms with Crippen molar-refractivity contribution in [3.63, 3.8) is 0 Å². The lowest BCUT2D eigenvalue weighted by atomic mass is 10.2. The van der Waals surface area contributed by atoms with Gasteiger partial charge in [0.1, 0.15) is 5.75 Å². The molecule has 21 heavy (non-hydrogen) atoms. The molecule has 0 spiro atoms. The highest BCUT2D eigenvalue weighted by molar-refractivity contribution is 6.45. The van der Waals surface area contributed by atoms with Crippen molar-refractivity contribution in [2.24, 2.45) is 5.10 Å². The minimum atomic E-state index is -0.557. The zero-order chi connectivity index (χ0) is 15.4. The first-order valence-corrected chi connectivity index (χ1v) is 6.89. The van der Waals surface area contributed by atoms with Crippen LogP contribution in [-0.4, -0.2) is 17.2 Å². The molecule has 7 heteroatoms. The molecule has 0 bridgehead atoms. The fourth-order valence-corrected chi connectivity index (χ4v) is 2.18. The molecule has 0 heterocycles. The summed E-state index contributed by atoms with van der Waals surface area (Å²) in [6.07, 6.45) is 1.29. The molecule has 2 aromatic rings. The van der Waals surface area contributed by atoms with E-state index in [1.165, 1.54) is 18.3 Å². The third-order valence-corrected chi connectivity index (χ3v) is 3.74. The summed E-state index contributed by atoms with van der Waals surface area (Å²) in [5, 5.41) is 14.2. The normalized spacial score (nSPS) is 10.8. The Hall–Kier alpha value is -1.75. The quantitative estimate of drug-likeness (QED) is 0.500. The predicted octanol–water partition coefficient (Wildman–Crippen LogP) is 4.12. The van der Waals surface area contributed by atoms with Crippen LogP contribution in [-0.2, 0) is 0 Å². The molecule has 0 unspecified atom stereocenters. The van der Waals surface area contributed by atoms with Gasteiger partial charge in [0.2, 0.25) is 0 Å². The first-order chi connectivity index (χ1) is 10.0. The number of rotatable bonds is 3. The van der Waals surface area contributed by atoms with Crippen molar-refractivity contribution in [3.05, 3.63) is 62.6 Å². The highest BCUT2D eigenvalue weighted by Gasteiger charge is 2.10. The Bertz CT molecular complexity index is 717. The van der Waals surface area contributed by atoms with E-state index in [4.69, 9.17) is 34.8 Å². The molecule has 108 valence electrons. The van der Waals surface area contributed by atoms with Crippen LogP contribution in [0.25, 0.3) is 0 Å². The molecule has 2 N–H and O–H groups in total. The summed E-state index contributed by atoms with van der Waals surface area (Å²) in [5.41, 5.74) is 2.77. The first kappa shape index (κ1) is 15.6. The van der Waals surface area contributed by atoms with Crippen LogP contribution in [0.5, 0.6) is 5.75 Å². The Morgan fingerprint density at radius 2 is 1.76 bits per heavy atom. The van der Waals surface area contributed by atoms with Crippen LogP contribution < -0.4 is 5.43 Å². The van der Waals surface area contributed by atoms with Crippen molar-refractivity contribution in [1.82, 2.24) is 5.43 Å². The fraction of sp³-hybridized carbons (Fsp3) is 0. The Morgan fingerprint density at radius 1 is 1.10 bits per heavy atom. The van der Waals surface area contributed by atoms with E-state index in [1.807, 2.05) is 0 Å². The number of nitrogens with zero attached hydrogens (tertiary/aromatic N) is 1. The second-order valence-electron chi connectivity index (χ2n) is 3.97. The van der Waals surface area contributed by atoms with Crippen LogP contribution in [0.2, 0.25) is 15.1 Å². The summed E-state index contributed by atoms with van der Waals surface area (Å²) >= 11 is 17.8. The second-order valence-corrected chi connectivity index (χ2v) is 5.17. The van der Waals surface area contributed by atoms with Gasteiger partial charge >= 0.3 is 0 Å². The molecule has 0 saturated heterocycles. The van der Waals surface area contributed by atoms with Crippen molar-refractivity contribution in [3.8, 4) is 5.75 Å². The summed E-state index contributed by atoms with van der Waals surface area (Å²) in [6.45, 7) is 0. The van der Waals surface area contributed by atoms with E-state index < -0.39 is 5.91 Å². The number of aromatic hydroxyl groups is 1. The summed E-state index contributed by atoms with van der Waals surface area (Å²) < 4.78 is 0. The van der Waals surface area contributed by atoms with Gasteiger partial charge in [0.15, 0.2) is 0 Å². The fourth-order valence-electron chi connectivity index (χ4n) is 1.54. The van der Waals surface area contributed by atoms with E-state index in [0.29, 0.717) is 15.6 Å². The first-order valence-electron chi connectivity index (χ1n) is 5.75. The number of halogens is 3. The van der Waals surface area contributed by atoms with Gasteiger partial charge in [0.05, 0.1) is 26.8 Å². The molecular formula is C14H9Cl3N2O2. The van der Waals surface area contributed by atoms with E-state index in [0.717, 1.165) is 0 Å². The molecule has 0 radical (unpaired) electrons. The van der Waals surface area contributed by atoms with Gasteiger partial charge in [0, 0.05) is 5.56 Å². The average Bonchev–Trinajstić information content (AvgIpc) is 2.47. The second kappa shape index (κ2) is 6.80. The zero-order valence-electron chi connectivity index (χ0n) is 10.5. The summed E-state index contributed by atoms with van der Waals surface area (Å²) in [4.78, 5) is 11.8. The minimum Gasteiger partial charge on any atom is -0.507 e. The maximum absolute atomic E-state index is 11.8. The highest BCUT2D eigenvalue weighted by atomic mass is 35.5. The van der Waals surface area contributed by atoms with Crippen molar-refractivity contribution in [2.45, 2.75) is 0 Å². The van der Waals surface area contributed by atoms with Gasteiger partial charge in [-0.2, -0.15) is 5.10 Å². The van der Waals surface area contributed by atoms with Gasteiger partial charge < -0.3 is 5.11 Å². The SMILES string of the molecule is O=C(N/N=C\c1c(Cl)ccc(Cl)c1Cl)c1ccccc1O. The highest BCUT2D eigenvalue weighted by Crippen LogP contribution is 2.29. The van der Waals surface area contributed by atoms with Crippen LogP contribution >= 0.6 is 34.8 Å². The minimum absolute atomic E-state index is 0.109. The maximum atomic E-state index is 11.8. The lowest BCUT2D eigenvalue weighted by Crippen LogP contribution is -2.17. The molecule has 2 rings (SSSR count). The predicted molar refractivity (Wildman–Crippen MR) is 84.6 cm³/mol. The number of carbonyl (C=O) groups excluding carboxylic acids is 1. The number of phenols is 1. The van der Waals surface area contributed by atoms with Crippen LogP contribution in [0.4, 0.5) is 0 Å². The third-order valence-electron chi connectivity index (χ3n) is 2.59. The molecule has 4 nitrogen and oxygen atoms in total. The van der Waals surface area contributed by atoms with Gasteiger partial charge in [0.25, 0.3) is 5.91 Å². The van der Waals surface area contributed by atoms with Crippen molar-refractivity contribution < 1.29 is 9.90 Å². The molecule has 0 aromatic heterocycles. The lowest BCUT2D eigenvalue weighted by molar-refractivity contribution is 0.0952. The van der Waals surface area contributed by atoms with E-state index in [9.17, 15) is 9.90 Å². The molecule has 0 atom stereocenters.